The highest BCUT2D eigenvalue weighted by molar-refractivity contribution is 9.11. The summed E-state index contributed by atoms with van der Waals surface area (Å²) in [6.45, 7) is 0.647. The molecule has 1 amide bonds. The number of carbonyl (C=O) groups is 1. The molecule has 1 aliphatic heterocycles. The molecule has 25 heavy (non-hydrogen) atoms. The lowest BCUT2D eigenvalue weighted by Crippen LogP contribution is -2.41. The van der Waals surface area contributed by atoms with Crippen LogP contribution in [-0.2, 0) is 14.8 Å². The minimum absolute atomic E-state index is 0.147. The molecule has 0 unspecified atom stereocenters. The number of carbonyl (C=O) groups excluding carboxylic acids is 1. The predicted octanol–water partition coefficient (Wildman–Crippen LogP) is 3.60. The zero-order chi connectivity index (χ0) is 18.0. The summed E-state index contributed by atoms with van der Waals surface area (Å²) in [5, 5.41) is 3.24. The number of nitrogens with one attached hydrogen (secondary N) is 1. The van der Waals surface area contributed by atoms with E-state index in [4.69, 9.17) is 11.6 Å². The van der Waals surface area contributed by atoms with Gasteiger partial charge in [-0.25, -0.2) is 13.4 Å². The van der Waals surface area contributed by atoms with Gasteiger partial charge in [-0.1, -0.05) is 11.6 Å². The van der Waals surface area contributed by atoms with Crippen LogP contribution in [0.15, 0.2) is 38.5 Å². The molecule has 1 aliphatic rings. The zero-order valence-corrected chi connectivity index (χ0v) is 17.0. The Morgan fingerprint density at radius 2 is 2.00 bits per heavy atom. The first kappa shape index (κ1) is 18.8. The number of amides is 1. The molecule has 6 nitrogen and oxygen atoms in total. The van der Waals surface area contributed by atoms with Crippen LogP contribution in [0.5, 0.6) is 0 Å². The van der Waals surface area contributed by atoms with Gasteiger partial charge in [0, 0.05) is 25.2 Å². The number of nitrogens with zero attached hydrogens (tertiary/aromatic N) is 2. The van der Waals surface area contributed by atoms with Crippen molar-refractivity contribution >= 4 is 60.6 Å². The molecule has 3 heterocycles. The van der Waals surface area contributed by atoms with Crippen molar-refractivity contribution in [3.05, 3.63) is 39.3 Å². The number of hydrogen-bond acceptors (Lipinski definition) is 5. The van der Waals surface area contributed by atoms with Crippen molar-refractivity contribution < 1.29 is 13.2 Å². The summed E-state index contributed by atoms with van der Waals surface area (Å²) in [6.07, 6.45) is 2.42. The fraction of sp³-hybridized carbons (Fsp3) is 0.333. The number of piperidine rings is 1. The van der Waals surface area contributed by atoms with Crippen LogP contribution < -0.4 is 5.32 Å². The van der Waals surface area contributed by atoms with Crippen LogP contribution in [0, 0.1) is 5.92 Å². The average Bonchev–Trinajstić information content (AvgIpc) is 3.04. The van der Waals surface area contributed by atoms with Gasteiger partial charge in [-0.3, -0.25) is 4.79 Å². The van der Waals surface area contributed by atoms with E-state index in [9.17, 15) is 13.2 Å². The summed E-state index contributed by atoms with van der Waals surface area (Å²) < 4.78 is 27.7. The molecule has 0 radical (unpaired) electrons. The molecular formula is C15H15BrClN3O3S2. The first-order valence-electron chi connectivity index (χ1n) is 7.54. The number of rotatable bonds is 4. The highest BCUT2D eigenvalue weighted by Gasteiger charge is 2.32. The van der Waals surface area contributed by atoms with Gasteiger partial charge in [-0.05, 0) is 53.0 Å². The first-order valence-corrected chi connectivity index (χ1v) is 11.0. The maximum absolute atomic E-state index is 12.6. The first-order chi connectivity index (χ1) is 11.9. The van der Waals surface area contributed by atoms with E-state index in [1.165, 1.54) is 21.8 Å². The second-order valence-corrected chi connectivity index (χ2v) is 10.7. The molecule has 3 rings (SSSR count). The Bertz CT molecular complexity index is 862. The Morgan fingerprint density at radius 3 is 2.56 bits per heavy atom. The SMILES string of the molecule is O=C(Nc1ccc(Cl)cn1)C1CCN(S(=O)(=O)c2ccc(Br)s2)CC1. The maximum Gasteiger partial charge on any atom is 0.252 e. The fourth-order valence-corrected chi connectivity index (χ4v) is 6.35. The topological polar surface area (TPSA) is 79.4 Å². The third-order valence-electron chi connectivity index (χ3n) is 3.95. The van der Waals surface area contributed by atoms with Crippen molar-refractivity contribution in [3.63, 3.8) is 0 Å². The molecule has 1 saturated heterocycles. The Balaban J connectivity index is 1.59. The normalized spacial score (nSPS) is 16.7. The predicted molar refractivity (Wildman–Crippen MR) is 101 cm³/mol. The van der Waals surface area contributed by atoms with Crippen LogP contribution in [0.3, 0.4) is 0 Å². The molecule has 1 N–H and O–H groups in total. The van der Waals surface area contributed by atoms with Crippen molar-refractivity contribution in [2.45, 2.75) is 17.1 Å². The third kappa shape index (κ3) is 4.40. The Morgan fingerprint density at radius 1 is 1.28 bits per heavy atom. The Labute approximate surface area is 163 Å². The molecule has 0 aromatic carbocycles. The van der Waals surface area contributed by atoms with Crippen molar-refractivity contribution in [1.82, 2.24) is 9.29 Å². The van der Waals surface area contributed by atoms with Crippen molar-refractivity contribution in [1.29, 1.82) is 0 Å². The Hall–Kier alpha value is -1.000. The minimum Gasteiger partial charge on any atom is -0.310 e. The molecule has 2 aromatic heterocycles. The van der Waals surface area contributed by atoms with Gasteiger partial charge in [0.05, 0.1) is 8.81 Å². The fourth-order valence-electron chi connectivity index (χ4n) is 2.60. The number of pyridine rings is 1. The van der Waals surface area contributed by atoms with Gasteiger partial charge in [-0.2, -0.15) is 4.31 Å². The number of halogens is 2. The van der Waals surface area contributed by atoms with Gasteiger partial charge in [0.1, 0.15) is 10.0 Å². The van der Waals surface area contributed by atoms with Gasteiger partial charge in [0.25, 0.3) is 10.0 Å². The van der Waals surface area contributed by atoms with Crippen LogP contribution >= 0.6 is 38.9 Å². The summed E-state index contributed by atoms with van der Waals surface area (Å²) >= 11 is 10.2. The lowest BCUT2D eigenvalue weighted by molar-refractivity contribution is -0.120. The van der Waals surface area contributed by atoms with E-state index in [1.54, 1.807) is 24.3 Å². The van der Waals surface area contributed by atoms with Gasteiger partial charge in [-0.15, -0.1) is 11.3 Å². The van der Waals surface area contributed by atoms with E-state index < -0.39 is 10.0 Å². The van der Waals surface area contributed by atoms with E-state index in [0.717, 1.165) is 3.79 Å². The lowest BCUT2D eigenvalue weighted by Gasteiger charge is -2.30. The van der Waals surface area contributed by atoms with E-state index in [2.05, 4.69) is 26.2 Å². The molecule has 0 atom stereocenters. The minimum atomic E-state index is -3.49. The molecule has 2 aromatic rings. The zero-order valence-electron chi connectivity index (χ0n) is 13.0. The number of anilines is 1. The molecule has 134 valence electrons. The summed E-state index contributed by atoms with van der Waals surface area (Å²) in [7, 11) is -3.49. The molecular weight excluding hydrogens is 450 g/mol. The van der Waals surface area contributed by atoms with Crippen molar-refractivity contribution in [3.8, 4) is 0 Å². The standard InChI is InChI=1S/C15H15BrClN3O3S2/c16-12-2-4-14(24-12)25(22,23)20-7-5-10(6-8-20)15(21)19-13-3-1-11(17)9-18-13/h1-4,9-10H,5-8H2,(H,18,19,21). The van der Waals surface area contributed by atoms with E-state index in [0.29, 0.717) is 41.0 Å². The van der Waals surface area contributed by atoms with Gasteiger partial charge in [0.15, 0.2) is 0 Å². The monoisotopic (exact) mass is 463 g/mol. The van der Waals surface area contributed by atoms with Crippen molar-refractivity contribution in [2.24, 2.45) is 5.92 Å². The molecule has 0 spiro atoms. The van der Waals surface area contributed by atoms with Crippen LogP contribution in [0.2, 0.25) is 5.02 Å². The summed E-state index contributed by atoms with van der Waals surface area (Å²) in [4.78, 5) is 16.4. The molecule has 1 fully saturated rings. The number of aromatic nitrogens is 1. The molecule has 0 saturated carbocycles. The van der Waals surface area contributed by atoms with Gasteiger partial charge >= 0.3 is 0 Å². The van der Waals surface area contributed by atoms with E-state index in [1.807, 2.05) is 0 Å². The quantitative estimate of drug-likeness (QED) is 0.750. The van der Waals surface area contributed by atoms with Crippen LogP contribution in [0.25, 0.3) is 0 Å². The number of hydrogen-bond donors (Lipinski definition) is 1. The van der Waals surface area contributed by atoms with Crippen LogP contribution in [0.4, 0.5) is 5.82 Å². The van der Waals surface area contributed by atoms with E-state index >= 15 is 0 Å². The van der Waals surface area contributed by atoms with Crippen molar-refractivity contribution in [2.75, 3.05) is 18.4 Å². The highest BCUT2D eigenvalue weighted by atomic mass is 79.9. The van der Waals surface area contributed by atoms with E-state index in [-0.39, 0.29) is 11.8 Å². The lowest BCUT2D eigenvalue weighted by atomic mass is 9.97. The van der Waals surface area contributed by atoms with Gasteiger partial charge in [0.2, 0.25) is 5.91 Å². The van der Waals surface area contributed by atoms with Gasteiger partial charge < -0.3 is 5.32 Å². The molecule has 10 heteroatoms. The summed E-state index contributed by atoms with van der Waals surface area (Å²) in [6, 6.07) is 6.60. The number of thiophene rings is 1. The second-order valence-electron chi connectivity index (χ2n) is 5.59. The Kier molecular flexibility index (Phi) is 5.79. The third-order valence-corrected chi connectivity index (χ3v) is 8.16. The summed E-state index contributed by atoms with van der Waals surface area (Å²) in [5.41, 5.74) is 0. The molecule has 0 bridgehead atoms. The summed E-state index contributed by atoms with van der Waals surface area (Å²) in [5.74, 6) is 0.0534. The smallest absolute Gasteiger partial charge is 0.252 e. The largest absolute Gasteiger partial charge is 0.310 e. The average molecular weight is 465 g/mol. The molecule has 0 aliphatic carbocycles. The second kappa shape index (κ2) is 7.71. The highest BCUT2D eigenvalue weighted by Crippen LogP contribution is 2.31. The number of sulfonamides is 1. The van der Waals surface area contributed by atoms with Crippen LogP contribution in [0.1, 0.15) is 12.8 Å². The maximum atomic E-state index is 12.6. The van der Waals surface area contributed by atoms with Crippen LogP contribution in [-0.4, -0.2) is 36.7 Å².